The van der Waals surface area contributed by atoms with Crippen LogP contribution in [0.2, 0.25) is 0 Å². The minimum Gasteiger partial charge on any atom is -0.512 e. The van der Waals surface area contributed by atoms with Gasteiger partial charge in [-0.05, 0) is 59.7 Å². The molecule has 3 rings (SSSR count). The van der Waals surface area contributed by atoms with E-state index in [1.807, 2.05) is 13.0 Å². The van der Waals surface area contributed by atoms with Gasteiger partial charge in [0.2, 0.25) is 0 Å². The second-order valence-corrected chi connectivity index (χ2v) is 16.2. The number of likely N-dealkylation sites (N-methyl/N-ethyl adjacent to an activating group) is 1. The van der Waals surface area contributed by atoms with Gasteiger partial charge in [-0.15, -0.1) is 0 Å². The normalized spacial score (nSPS) is 39.7. The smallest absolute Gasteiger partial charge is 0.334 e. The summed E-state index contributed by atoms with van der Waals surface area (Å²) in [6.45, 7) is 12.7. The molecule has 0 radical (unpaired) electrons. The highest BCUT2D eigenvalue weighted by Gasteiger charge is 2.51. The molecule has 16 atom stereocenters. The number of nitrogens with zero attached hydrogens (tertiary/aromatic N) is 1. The van der Waals surface area contributed by atoms with Crippen molar-refractivity contribution in [2.24, 2.45) is 23.7 Å². The highest BCUT2D eigenvalue weighted by Crippen LogP contribution is 2.36. The van der Waals surface area contributed by atoms with E-state index >= 15 is 0 Å². The molecule has 3 heterocycles. The molecule has 17 heteroatoms. The van der Waals surface area contributed by atoms with Gasteiger partial charge in [-0.25, -0.2) is 4.79 Å². The van der Waals surface area contributed by atoms with Crippen LogP contribution in [0.3, 0.4) is 0 Å². The van der Waals surface area contributed by atoms with Crippen LogP contribution in [0.25, 0.3) is 0 Å². The number of carbonyl (C=O) groups is 5. The van der Waals surface area contributed by atoms with Crippen molar-refractivity contribution in [1.82, 2.24) is 4.90 Å². The fourth-order valence-corrected chi connectivity index (χ4v) is 8.17. The van der Waals surface area contributed by atoms with E-state index in [-0.39, 0.29) is 25.2 Å². The first-order chi connectivity index (χ1) is 28.3. The van der Waals surface area contributed by atoms with Crippen molar-refractivity contribution in [3.05, 3.63) is 35.6 Å². The van der Waals surface area contributed by atoms with Gasteiger partial charge in [0, 0.05) is 52.2 Å². The zero-order valence-electron chi connectivity index (χ0n) is 37.0. The Morgan fingerprint density at radius 3 is 2.08 bits per heavy atom. The molecule has 0 amide bonds. The van der Waals surface area contributed by atoms with Crippen molar-refractivity contribution in [2.75, 3.05) is 34.9 Å². The minimum absolute atomic E-state index is 0.0317. The van der Waals surface area contributed by atoms with Crippen molar-refractivity contribution < 1.29 is 76.8 Å². The number of esters is 3. The molecular weight excluding hydrogens is 786 g/mol. The highest BCUT2D eigenvalue weighted by molar-refractivity contribution is 5.91. The van der Waals surface area contributed by atoms with Gasteiger partial charge in [-0.3, -0.25) is 19.3 Å². The first-order valence-corrected chi connectivity index (χ1v) is 20.6. The number of aliphatic hydroxyl groups is 2. The number of hydrogen-bond donors (Lipinski definition) is 2. The molecule has 0 aromatic rings. The number of ketones is 1. The van der Waals surface area contributed by atoms with E-state index in [0.717, 1.165) is 6.08 Å². The number of hydrogen-bond acceptors (Lipinski definition) is 17. The number of carbonyl (C=O) groups excluding carboxylic acids is 5. The van der Waals surface area contributed by atoms with Gasteiger partial charge in [0.25, 0.3) is 0 Å². The molecule has 0 aliphatic carbocycles. The second kappa shape index (κ2) is 23.6. The van der Waals surface area contributed by atoms with E-state index in [0.29, 0.717) is 18.3 Å². The third kappa shape index (κ3) is 13.5. The van der Waals surface area contributed by atoms with Crippen LogP contribution < -0.4 is 0 Å². The largest absolute Gasteiger partial charge is 0.512 e. The molecule has 17 nitrogen and oxygen atoms in total. The Kier molecular flexibility index (Phi) is 20.0. The maximum absolute atomic E-state index is 13.7. The average Bonchev–Trinajstić information content (AvgIpc) is 3.17. The van der Waals surface area contributed by atoms with E-state index in [1.165, 1.54) is 34.1 Å². The first kappa shape index (κ1) is 50.8. The summed E-state index contributed by atoms with van der Waals surface area (Å²) < 4.78 is 53.6. The summed E-state index contributed by atoms with van der Waals surface area (Å²) >= 11 is 0. The molecule has 0 unspecified atom stereocenters. The predicted molar refractivity (Wildman–Crippen MR) is 215 cm³/mol. The molecule has 0 saturated carbocycles. The minimum atomic E-state index is -1.31. The molecule has 0 aromatic carbocycles. The summed E-state index contributed by atoms with van der Waals surface area (Å²) in [6.07, 6.45) is -3.18. The molecule has 0 aromatic heterocycles. The SMILES string of the molecule is CC[C@H]1OC(=O)/C=C(\O)[C@@H](C)[C@@H](O[C@@H]2O[C@H](C)[C@@H](OC(C)=O)[C@H](N(C)C)[C@H]2OC(C)=O)[C@@H](CC=O)C[C@@H](C)C(=O)/C=C/C(C)=C/[C@@H]1CO[C@@H]1O[C@H](C)[C@@H](O)[C@@H](OC)[C@H]1OC. The van der Waals surface area contributed by atoms with Crippen LogP contribution in [0.4, 0.5) is 0 Å². The lowest BCUT2D eigenvalue weighted by Gasteiger charge is -2.48. The lowest BCUT2D eigenvalue weighted by atomic mass is 9.81. The van der Waals surface area contributed by atoms with Gasteiger partial charge in [0.05, 0.1) is 37.0 Å². The van der Waals surface area contributed by atoms with Gasteiger partial charge in [0.1, 0.15) is 42.6 Å². The summed E-state index contributed by atoms with van der Waals surface area (Å²) in [6, 6.07) is -0.747. The molecule has 60 heavy (non-hydrogen) atoms. The lowest BCUT2D eigenvalue weighted by molar-refractivity contribution is -0.305. The maximum Gasteiger partial charge on any atom is 0.334 e. The summed E-state index contributed by atoms with van der Waals surface area (Å²) in [4.78, 5) is 65.9. The van der Waals surface area contributed by atoms with Crippen LogP contribution in [0.15, 0.2) is 35.6 Å². The van der Waals surface area contributed by atoms with Crippen molar-refractivity contribution in [3.63, 3.8) is 0 Å². The van der Waals surface area contributed by atoms with E-state index < -0.39 is 121 Å². The third-order valence-corrected chi connectivity index (χ3v) is 11.4. The van der Waals surface area contributed by atoms with Crippen molar-refractivity contribution in [2.45, 2.75) is 148 Å². The summed E-state index contributed by atoms with van der Waals surface area (Å²) in [5.74, 6) is -5.72. The Hall–Kier alpha value is -3.55. The molecule has 2 saturated heterocycles. The van der Waals surface area contributed by atoms with E-state index in [1.54, 1.807) is 59.7 Å². The fraction of sp³-hybridized carbons (Fsp3) is 0.744. The Morgan fingerprint density at radius 1 is 0.900 bits per heavy atom. The number of aldehydes is 1. The monoisotopic (exact) mass is 853 g/mol. The highest BCUT2D eigenvalue weighted by atomic mass is 16.7. The first-order valence-electron chi connectivity index (χ1n) is 20.6. The fourth-order valence-electron chi connectivity index (χ4n) is 8.17. The van der Waals surface area contributed by atoms with E-state index in [4.69, 9.17) is 42.6 Å². The standard InChI is InChI=1S/C43H67NO16/c1-13-33-30(21-54-42-41(53-12)40(52-11)36(51)25(5)55-42)18-22(2)14-15-31(48)23(3)19-29(16-17-45)37(24(4)32(49)20-34(50)59-33)60-43-39(58-28(8)47)35(44(9)10)38(26(6)56-43)57-27(7)46/h14-15,17-18,20,23-26,29-30,33,35-43,49,51H,13,16,19,21H2,1-12H3/b15-14+,22-18+,32-20-/t23-,24-,25-,26-,29+,30-,33-,35+,36-,37-,38-,39-,40-,41-,42-,43+/m1/s1. The van der Waals surface area contributed by atoms with Gasteiger partial charge < -0.3 is 57.6 Å². The number of aliphatic hydroxyl groups excluding tert-OH is 2. The molecule has 2 fully saturated rings. The maximum atomic E-state index is 13.7. The second-order valence-electron chi connectivity index (χ2n) is 16.2. The van der Waals surface area contributed by atoms with Crippen LogP contribution in [0.5, 0.6) is 0 Å². The summed E-state index contributed by atoms with van der Waals surface area (Å²) in [5.41, 5.74) is 0.664. The van der Waals surface area contributed by atoms with Crippen LogP contribution >= 0.6 is 0 Å². The van der Waals surface area contributed by atoms with Crippen molar-refractivity contribution in [3.8, 4) is 0 Å². The molecule has 340 valence electrons. The zero-order valence-corrected chi connectivity index (χ0v) is 37.0. The summed E-state index contributed by atoms with van der Waals surface area (Å²) in [7, 11) is 6.35. The average molecular weight is 854 g/mol. The molecule has 0 bridgehead atoms. The Bertz CT molecular complexity index is 1550. The van der Waals surface area contributed by atoms with Gasteiger partial charge >= 0.3 is 17.9 Å². The van der Waals surface area contributed by atoms with Gasteiger partial charge in [-0.1, -0.05) is 38.5 Å². The Balaban J connectivity index is 2.07. The number of cyclic esters (lactones) is 1. The number of ether oxygens (including phenoxy) is 9. The van der Waals surface area contributed by atoms with E-state index in [9.17, 15) is 34.2 Å². The summed E-state index contributed by atoms with van der Waals surface area (Å²) in [5, 5.41) is 22.3. The van der Waals surface area contributed by atoms with Crippen LogP contribution in [0, 0.1) is 23.7 Å². The molecular formula is C43H67NO16. The molecule has 3 aliphatic heterocycles. The third-order valence-electron chi connectivity index (χ3n) is 11.4. The Morgan fingerprint density at radius 2 is 1.52 bits per heavy atom. The van der Waals surface area contributed by atoms with Gasteiger partial charge in [0.15, 0.2) is 24.5 Å². The van der Waals surface area contributed by atoms with Crippen LogP contribution in [-0.4, -0.2) is 154 Å². The van der Waals surface area contributed by atoms with Gasteiger partial charge in [-0.2, -0.15) is 0 Å². The molecule has 0 spiro atoms. The van der Waals surface area contributed by atoms with Crippen LogP contribution in [-0.2, 0) is 66.6 Å². The topological polar surface area (TPSA) is 212 Å². The van der Waals surface area contributed by atoms with Crippen molar-refractivity contribution in [1.29, 1.82) is 0 Å². The number of rotatable bonds is 13. The quantitative estimate of drug-likeness (QED) is 0.154. The predicted octanol–water partition coefficient (Wildman–Crippen LogP) is 3.39. The van der Waals surface area contributed by atoms with Crippen molar-refractivity contribution >= 4 is 30.0 Å². The van der Waals surface area contributed by atoms with E-state index in [2.05, 4.69) is 0 Å². The van der Waals surface area contributed by atoms with Crippen LogP contribution in [0.1, 0.15) is 74.7 Å². The number of methoxy groups -OCH3 is 2. The molecule has 3 aliphatic rings. The zero-order chi connectivity index (χ0) is 45.0. The molecule has 2 N–H and O–H groups in total. The Labute approximate surface area is 353 Å². The lowest BCUT2D eigenvalue weighted by Crippen LogP contribution is -2.65. The number of allylic oxidation sites excluding steroid dienone is 3.